The van der Waals surface area contributed by atoms with Gasteiger partial charge in [-0.15, -0.1) is 0 Å². The molecule has 0 aromatic heterocycles. The first-order chi connectivity index (χ1) is 9.68. The molecule has 0 spiro atoms. The first-order valence-electron chi connectivity index (χ1n) is 7.95. The van der Waals surface area contributed by atoms with Crippen LogP contribution in [-0.4, -0.2) is 28.5 Å². The van der Waals surface area contributed by atoms with Gasteiger partial charge in [0.1, 0.15) is 0 Å². The number of amides is 1. The van der Waals surface area contributed by atoms with Crippen LogP contribution in [0.25, 0.3) is 0 Å². The molecule has 0 radical (unpaired) electrons. The summed E-state index contributed by atoms with van der Waals surface area (Å²) in [5.41, 5.74) is 0. The van der Waals surface area contributed by atoms with Crippen LogP contribution < -0.4 is 5.84 Å². The Kier molecular flexibility index (Phi) is 9.26. The fourth-order valence-electron chi connectivity index (χ4n) is 2.39. The number of hydrazine groups is 1. The second-order valence-electron chi connectivity index (χ2n) is 6.58. The molecule has 3 N–H and O–H groups in total. The maximum atomic E-state index is 12.0. The Labute approximate surface area is 128 Å². The number of carboxylic acid groups (broad SMARTS) is 1. The molecule has 0 aromatic rings. The van der Waals surface area contributed by atoms with Gasteiger partial charge < -0.3 is 5.11 Å². The average Bonchev–Trinajstić information content (AvgIpc) is 2.41. The number of carbonyl (C=O) groups is 2. The summed E-state index contributed by atoms with van der Waals surface area (Å²) in [6, 6.07) is 0. The minimum absolute atomic E-state index is 0.0522. The molecular weight excluding hydrogens is 268 g/mol. The van der Waals surface area contributed by atoms with E-state index in [0.717, 1.165) is 12.8 Å². The zero-order chi connectivity index (χ0) is 16.6. The van der Waals surface area contributed by atoms with E-state index in [4.69, 9.17) is 10.9 Å². The van der Waals surface area contributed by atoms with Crippen molar-refractivity contribution < 1.29 is 14.7 Å². The van der Waals surface area contributed by atoms with Crippen LogP contribution in [0.4, 0.5) is 0 Å². The predicted molar refractivity (Wildman–Crippen MR) is 84.3 cm³/mol. The van der Waals surface area contributed by atoms with Crippen molar-refractivity contribution in [1.82, 2.24) is 5.01 Å². The zero-order valence-electron chi connectivity index (χ0n) is 14.1. The number of nitrogens with zero attached hydrogens (tertiary/aromatic N) is 1. The summed E-state index contributed by atoms with van der Waals surface area (Å²) in [5, 5.41) is 10.3. The molecule has 0 bridgehead atoms. The van der Waals surface area contributed by atoms with Crippen molar-refractivity contribution in [2.45, 2.75) is 60.3 Å². The Morgan fingerprint density at radius 2 is 1.76 bits per heavy atom. The lowest BCUT2D eigenvalue weighted by Crippen LogP contribution is -2.43. The maximum Gasteiger partial charge on any atom is 0.303 e. The largest absolute Gasteiger partial charge is 0.481 e. The third-order valence-electron chi connectivity index (χ3n) is 4.41. The third kappa shape index (κ3) is 8.05. The number of hydrogen-bond donors (Lipinski definition) is 2. The predicted octanol–water partition coefficient (Wildman–Crippen LogP) is 2.90. The van der Waals surface area contributed by atoms with Crippen molar-refractivity contribution in [1.29, 1.82) is 0 Å². The van der Waals surface area contributed by atoms with E-state index >= 15 is 0 Å². The summed E-state index contributed by atoms with van der Waals surface area (Å²) >= 11 is 0. The lowest BCUT2D eigenvalue weighted by atomic mass is 9.80. The first kappa shape index (κ1) is 19.9. The van der Waals surface area contributed by atoms with E-state index < -0.39 is 5.97 Å². The minimum atomic E-state index is -0.835. The molecule has 3 atom stereocenters. The number of hydrogen-bond acceptors (Lipinski definition) is 3. The summed E-state index contributed by atoms with van der Waals surface area (Å²) < 4.78 is 0. The monoisotopic (exact) mass is 300 g/mol. The van der Waals surface area contributed by atoms with Crippen LogP contribution in [-0.2, 0) is 9.59 Å². The van der Waals surface area contributed by atoms with E-state index in [1.54, 1.807) is 0 Å². The quantitative estimate of drug-likeness (QED) is 0.369. The molecule has 5 nitrogen and oxygen atoms in total. The highest BCUT2D eigenvalue weighted by molar-refractivity contribution is 5.75. The Morgan fingerprint density at radius 1 is 1.19 bits per heavy atom. The topological polar surface area (TPSA) is 83.6 Å². The van der Waals surface area contributed by atoms with Gasteiger partial charge in [0.05, 0.1) is 6.42 Å². The summed E-state index contributed by atoms with van der Waals surface area (Å²) in [5.74, 6) is 5.89. The second kappa shape index (κ2) is 9.77. The van der Waals surface area contributed by atoms with Crippen LogP contribution in [0.3, 0.4) is 0 Å². The number of nitrogens with two attached hydrogens (primary N) is 1. The fourth-order valence-corrected chi connectivity index (χ4v) is 2.39. The molecule has 3 unspecified atom stereocenters. The number of carboxylic acids is 1. The normalized spacial score (nSPS) is 15.6. The van der Waals surface area contributed by atoms with Crippen molar-refractivity contribution in [3.63, 3.8) is 0 Å². The molecule has 21 heavy (non-hydrogen) atoms. The zero-order valence-corrected chi connectivity index (χ0v) is 14.1. The standard InChI is InChI=1S/C16H32N2O3/c1-6-12(4)13(5)14(9-16(20)21)10-18(17)15(19)8-7-11(2)3/h11-14H,6-10,17H2,1-5H3,(H,20,21). The van der Waals surface area contributed by atoms with E-state index in [0.29, 0.717) is 24.8 Å². The van der Waals surface area contributed by atoms with Gasteiger partial charge in [0.2, 0.25) is 5.91 Å². The summed E-state index contributed by atoms with van der Waals surface area (Å²) in [7, 11) is 0. The molecule has 0 fully saturated rings. The van der Waals surface area contributed by atoms with Gasteiger partial charge in [0, 0.05) is 13.0 Å². The van der Waals surface area contributed by atoms with Crippen LogP contribution in [0, 0.1) is 23.7 Å². The summed E-state index contributed by atoms with van der Waals surface area (Å²) in [4.78, 5) is 23.0. The third-order valence-corrected chi connectivity index (χ3v) is 4.41. The van der Waals surface area contributed by atoms with Crippen molar-refractivity contribution in [2.75, 3.05) is 6.54 Å². The molecule has 0 aromatic carbocycles. The number of rotatable bonds is 10. The van der Waals surface area contributed by atoms with E-state index in [1.807, 2.05) is 6.92 Å². The van der Waals surface area contributed by atoms with Gasteiger partial charge in [0.15, 0.2) is 0 Å². The molecule has 1 amide bonds. The van der Waals surface area contributed by atoms with Crippen molar-refractivity contribution in [3.05, 3.63) is 0 Å². The van der Waals surface area contributed by atoms with E-state index in [2.05, 4.69) is 27.7 Å². The molecular formula is C16H32N2O3. The van der Waals surface area contributed by atoms with Crippen molar-refractivity contribution >= 4 is 11.9 Å². The maximum absolute atomic E-state index is 12.0. The first-order valence-corrected chi connectivity index (χ1v) is 7.95. The minimum Gasteiger partial charge on any atom is -0.481 e. The van der Waals surface area contributed by atoms with Gasteiger partial charge in [-0.3, -0.25) is 14.6 Å². The molecule has 0 aliphatic heterocycles. The van der Waals surface area contributed by atoms with Crippen LogP contribution >= 0.6 is 0 Å². The molecule has 0 heterocycles. The van der Waals surface area contributed by atoms with Crippen LogP contribution in [0.15, 0.2) is 0 Å². The van der Waals surface area contributed by atoms with Gasteiger partial charge in [-0.05, 0) is 30.1 Å². The number of carbonyl (C=O) groups excluding carboxylic acids is 1. The highest BCUT2D eigenvalue weighted by Crippen LogP contribution is 2.26. The van der Waals surface area contributed by atoms with Crippen molar-refractivity contribution in [2.24, 2.45) is 29.5 Å². The Balaban J connectivity index is 4.64. The summed E-state index contributed by atoms with van der Waals surface area (Å²) in [6.45, 7) is 10.7. The SMILES string of the molecule is CCC(C)C(C)C(CC(=O)O)CN(N)C(=O)CCC(C)C. The average molecular weight is 300 g/mol. The number of aliphatic carboxylic acids is 1. The van der Waals surface area contributed by atoms with Gasteiger partial charge in [-0.2, -0.15) is 0 Å². The van der Waals surface area contributed by atoms with E-state index in [1.165, 1.54) is 5.01 Å². The molecule has 0 aliphatic rings. The van der Waals surface area contributed by atoms with E-state index in [-0.39, 0.29) is 24.2 Å². The van der Waals surface area contributed by atoms with Gasteiger partial charge in [-0.1, -0.05) is 41.0 Å². The van der Waals surface area contributed by atoms with Crippen molar-refractivity contribution in [3.8, 4) is 0 Å². The van der Waals surface area contributed by atoms with Gasteiger partial charge >= 0.3 is 5.97 Å². The molecule has 5 heteroatoms. The molecule has 0 saturated carbocycles. The Bertz CT molecular complexity index is 331. The van der Waals surface area contributed by atoms with Crippen LogP contribution in [0.2, 0.25) is 0 Å². The smallest absolute Gasteiger partial charge is 0.303 e. The lowest BCUT2D eigenvalue weighted by Gasteiger charge is -2.30. The van der Waals surface area contributed by atoms with E-state index in [9.17, 15) is 9.59 Å². The molecule has 0 saturated heterocycles. The molecule has 124 valence electrons. The summed E-state index contributed by atoms with van der Waals surface area (Å²) in [6.07, 6.45) is 2.27. The second-order valence-corrected chi connectivity index (χ2v) is 6.58. The fraction of sp³-hybridized carbons (Fsp3) is 0.875. The Morgan fingerprint density at radius 3 is 2.19 bits per heavy atom. The highest BCUT2D eigenvalue weighted by Gasteiger charge is 2.27. The highest BCUT2D eigenvalue weighted by atomic mass is 16.4. The Hall–Kier alpha value is -1.10. The van der Waals surface area contributed by atoms with Gasteiger partial charge in [-0.25, -0.2) is 5.84 Å². The molecule has 0 rings (SSSR count). The van der Waals surface area contributed by atoms with Gasteiger partial charge in [0.25, 0.3) is 0 Å². The molecule has 0 aliphatic carbocycles. The lowest BCUT2D eigenvalue weighted by molar-refractivity contribution is -0.140. The van der Waals surface area contributed by atoms with Crippen LogP contribution in [0.5, 0.6) is 0 Å². The van der Waals surface area contributed by atoms with Crippen LogP contribution in [0.1, 0.15) is 60.3 Å².